The number of rotatable bonds is 2. The van der Waals surface area contributed by atoms with Gasteiger partial charge in [0.05, 0.1) is 10.8 Å². The van der Waals surface area contributed by atoms with Crippen LogP contribution in [0.1, 0.15) is 34.6 Å². The zero-order chi connectivity index (χ0) is 17.0. The molecule has 0 unspecified atom stereocenters. The Morgan fingerprint density at radius 3 is 1.95 bits per heavy atom. The van der Waals surface area contributed by atoms with E-state index in [0.29, 0.717) is 0 Å². The highest BCUT2D eigenvalue weighted by molar-refractivity contribution is 7.78. The number of nitrogens with zero attached hydrogens (tertiary/aromatic N) is 3. The molecule has 1 aliphatic heterocycles. The fraction of sp³-hybridized carbons (Fsp3) is 0.529. The largest absolute Gasteiger partial charge is 0.368 e. The second-order valence-corrected chi connectivity index (χ2v) is 4.40. The highest BCUT2D eigenvalue weighted by atomic mass is 32.1. The van der Waals surface area contributed by atoms with E-state index in [2.05, 4.69) is 27.3 Å². The number of amides is 1. The summed E-state index contributed by atoms with van der Waals surface area (Å²) < 4.78 is 0. The SMILES string of the molecule is CC.CC.CC(=O)N1CCN(c2ccc(N=C=S)cc2)CC1. The number of hydrogen-bond acceptors (Lipinski definition) is 4. The summed E-state index contributed by atoms with van der Waals surface area (Å²) in [6, 6.07) is 7.89. The molecule has 1 amide bonds. The summed E-state index contributed by atoms with van der Waals surface area (Å²) in [5, 5.41) is 2.35. The molecule has 0 atom stereocenters. The molecule has 122 valence electrons. The molecule has 1 fully saturated rings. The molecule has 1 aliphatic rings. The Labute approximate surface area is 139 Å². The lowest BCUT2D eigenvalue weighted by atomic mass is 10.2. The first-order valence-electron chi connectivity index (χ1n) is 7.89. The smallest absolute Gasteiger partial charge is 0.219 e. The van der Waals surface area contributed by atoms with Gasteiger partial charge in [-0.05, 0) is 36.5 Å². The van der Waals surface area contributed by atoms with Crippen LogP contribution in [-0.2, 0) is 4.79 Å². The lowest BCUT2D eigenvalue weighted by molar-refractivity contribution is -0.129. The molecular weight excluding hydrogens is 294 g/mol. The summed E-state index contributed by atoms with van der Waals surface area (Å²) in [5.74, 6) is 0.153. The summed E-state index contributed by atoms with van der Waals surface area (Å²) in [4.78, 5) is 19.3. The average molecular weight is 321 g/mol. The molecule has 5 heteroatoms. The highest BCUT2D eigenvalue weighted by Gasteiger charge is 2.18. The van der Waals surface area contributed by atoms with Crippen LogP contribution < -0.4 is 4.90 Å². The third kappa shape index (κ3) is 6.37. The molecule has 2 rings (SSSR count). The van der Waals surface area contributed by atoms with Crippen molar-refractivity contribution in [3.63, 3.8) is 0 Å². The number of benzene rings is 1. The van der Waals surface area contributed by atoms with Gasteiger partial charge in [-0.1, -0.05) is 27.7 Å². The number of hydrogen-bond donors (Lipinski definition) is 0. The summed E-state index contributed by atoms with van der Waals surface area (Å²) in [6.07, 6.45) is 0. The molecule has 0 aromatic heterocycles. The maximum atomic E-state index is 11.2. The monoisotopic (exact) mass is 321 g/mol. The van der Waals surface area contributed by atoms with E-state index in [-0.39, 0.29) is 5.91 Å². The highest BCUT2D eigenvalue weighted by Crippen LogP contribution is 2.20. The van der Waals surface area contributed by atoms with Gasteiger partial charge in [0.1, 0.15) is 0 Å². The zero-order valence-corrected chi connectivity index (χ0v) is 15.1. The van der Waals surface area contributed by atoms with Crippen molar-refractivity contribution < 1.29 is 4.79 Å². The number of carbonyl (C=O) groups excluding carboxylic acids is 1. The molecule has 1 aromatic rings. The molecule has 1 heterocycles. The van der Waals surface area contributed by atoms with Gasteiger partial charge in [-0.3, -0.25) is 4.79 Å². The van der Waals surface area contributed by atoms with Crippen LogP contribution in [0, 0.1) is 0 Å². The van der Waals surface area contributed by atoms with Crippen LogP contribution in [-0.4, -0.2) is 42.1 Å². The zero-order valence-electron chi connectivity index (χ0n) is 14.3. The van der Waals surface area contributed by atoms with Crippen LogP contribution in [0.15, 0.2) is 29.3 Å². The maximum Gasteiger partial charge on any atom is 0.219 e. The molecule has 1 aromatic carbocycles. The Kier molecular flexibility index (Phi) is 11.0. The van der Waals surface area contributed by atoms with Crippen LogP contribution >= 0.6 is 12.2 Å². The second kappa shape index (κ2) is 11.9. The van der Waals surface area contributed by atoms with E-state index in [0.717, 1.165) is 37.6 Å². The fourth-order valence-electron chi connectivity index (χ4n) is 2.07. The number of piperazine rings is 1. The number of carbonyl (C=O) groups is 1. The van der Waals surface area contributed by atoms with Gasteiger partial charge in [0, 0.05) is 38.8 Å². The van der Waals surface area contributed by atoms with Crippen molar-refractivity contribution in [3.05, 3.63) is 24.3 Å². The molecule has 0 bridgehead atoms. The maximum absolute atomic E-state index is 11.2. The van der Waals surface area contributed by atoms with Gasteiger partial charge in [-0.25, -0.2) is 0 Å². The van der Waals surface area contributed by atoms with E-state index in [1.54, 1.807) is 6.92 Å². The molecule has 0 radical (unpaired) electrons. The summed E-state index contributed by atoms with van der Waals surface area (Å²) in [7, 11) is 0. The van der Waals surface area contributed by atoms with Crippen molar-refractivity contribution in [1.82, 2.24) is 4.90 Å². The Bertz CT molecular complexity index is 473. The topological polar surface area (TPSA) is 35.9 Å². The van der Waals surface area contributed by atoms with E-state index >= 15 is 0 Å². The molecule has 0 aliphatic carbocycles. The summed E-state index contributed by atoms with van der Waals surface area (Å²) in [5.41, 5.74) is 1.97. The van der Waals surface area contributed by atoms with E-state index in [4.69, 9.17) is 0 Å². The number of aliphatic imine (C=N–C) groups is 1. The van der Waals surface area contributed by atoms with Crippen molar-refractivity contribution >= 4 is 34.7 Å². The van der Waals surface area contributed by atoms with E-state index in [1.807, 2.05) is 56.9 Å². The number of anilines is 1. The molecule has 0 saturated carbocycles. The minimum absolute atomic E-state index is 0.153. The first kappa shape index (κ1) is 20.3. The van der Waals surface area contributed by atoms with Gasteiger partial charge in [-0.15, -0.1) is 0 Å². The normalized spacial score (nSPS) is 13.0. The first-order chi connectivity index (χ1) is 10.7. The molecule has 0 spiro atoms. The second-order valence-electron chi connectivity index (χ2n) is 4.21. The minimum Gasteiger partial charge on any atom is -0.368 e. The van der Waals surface area contributed by atoms with E-state index < -0.39 is 0 Å². The number of isothiocyanates is 1. The van der Waals surface area contributed by atoms with Crippen molar-refractivity contribution in [2.75, 3.05) is 31.1 Å². The fourth-order valence-corrected chi connectivity index (χ4v) is 2.18. The van der Waals surface area contributed by atoms with Gasteiger partial charge in [0.15, 0.2) is 0 Å². The van der Waals surface area contributed by atoms with Crippen molar-refractivity contribution in [2.24, 2.45) is 4.99 Å². The van der Waals surface area contributed by atoms with Crippen LogP contribution in [0.3, 0.4) is 0 Å². The molecule has 22 heavy (non-hydrogen) atoms. The van der Waals surface area contributed by atoms with Crippen molar-refractivity contribution in [3.8, 4) is 0 Å². The van der Waals surface area contributed by atoms with Gasteiger partial charge in [0.2, 0.25) is 5.91 Å². The third-order valence-corrected chi connectivity index (χ3v) is 3.21. The quantitative estimate of drug-likeness (QED) is 0.606. The summed E-state index contributed by atoms with van der Waals surface area (Å²) >= 11 is 4.56. The van der Waals surface area contributed by atoms with Crippen molar-refractivity contribution in [1.29, 1.82) is 0 Å². The minimum atomic E-state index is 0.153. The Balaban J connectivity index is 0.00000102. The van der Waals surface area contributed by atoms with Gasteiger partial charge in [0.25, 0.3) is 0 Å². The van der Waals surface area contributed by atoms with Gasteiger partial charge < -0.3 is 9.80 Å². The molecule has 1 saturated heterocycles. The standard InChI is InChI=1S/C13H15N3OS.2C2H6/c1-11(17)15-6-8-16(9-7-15)13-4-2-12(3-5-13)14-10-18;2*1-2/h2-5H,6-9H2,1H3;2*1-2H3. The average Bonchev–Trinajstić information content (AvgIpc) is 2.59. The summed E-state index contributed by atoms with van der Waals surface area (Å²) in [6.45, 7) is 12.9. The van der Waals surface area contributed by atoms with Crippen LogP contribution in [0.25, 0.3) is 0 Å². The Hall–Kier alpha value is -1.71. The molecule has 0 N–H and O–H groups in total. The third-order valence-electron chi connectivity index (χ3n) is 3.11. The molecule has 4 nitrogen and oxygen atoms in total. The van der Waals surface area contributed by atoms with Gasteiger partial charge >= 0.3 is 0 Å². The van der Waals surface area contributed by atoms with Crippen LogP contribution in [0.4, 0.5) is 11.4 Å². The van der Waals surface area contributed by atoms with Crippen LogP contribution in [0.2, 0.25) is 0 Å². The van der Waals surface area contributed by atoms with E-state index in [9.17, 15) is 4.79 Å². The Morgan fingerprint density at radius 2 is 1.55 bits per heavy atom. The Morgan fingerprint density at radius 1 is 1.05 bits per heavy atom. The predicted octanol–water partition coefficient (Wildman–Crippen LogP) is 4.14. The van der Waals surface area contributed by atoms with Crippen LogP contribution in [0.5, 0.6) is 0 Å². The van der Waals surface area contributed by atoms with Crippen molar-refractivity contribution in [2.45, 2.75) is 34.6 Å². The van der Waals surface area contributed by atoms with Gasteiger partial charge in [-0.2, -0.15) is 4.99 Å². The lowest BCUT2D eigenvalue weighted by Gasteiger charge is -2.35. The van der Waals surface area contributed by atoms with E-state index in [1.165, 1.54) is 0 Å². The first-order valence-corrected chi connectivity index (χ1v) is 8.30. The lowest BCUT2D eigenvalue weighted by Crippen LogP contribution is -2.48. The molecular formula is C17H27N3OS. The predicted molar refractivity (Wildman–Crippen MR) is 98.3 cm³/mol. The number of thiocarbonyl (C=S) groups is 1.